The van der Waals surface area contributed by atoms with E-state index in [-0.39, 0.29) is 24.3 Å². The molecule has 1 aromatic carbocycles. The monoisotopic (exact) mass is 347 g/mol. The molecule has 1 saturated heterocycles. The molecule has 0 radical (unpaired) electrons. The maximum atomic E-state index is 12.3. The van der Waals surface area contributed by atoms with Crippen LogP contribution in [0.2, 0.25) is 0 Å². The molecule has 6 nitrogen and oxygen atoms in total. The van der Waals surface area contributed by atoms with Gasteiger partial charge in [0.05, 0.1) is 19.8 Å². The molecule has 138 valence electrons. The molecular formula is C19H29N3O3. The van der Waals surface area contributed by atoms with Gasteiger partial charge in [-0.3, -0.25) is 9.59 Å². The molecule has 1 aromatic rings. The van der Waals surface area contributed by atoms with Gasteiger partial charge in [-0.05, 0) is 37.6 Å². The number of nitrogens with zero attached hydrogens (tertiary/aromatic N) is 2. The van der Waals surface area contributed by atoms with E-state index in [4.69, 9.17) is 4.74 Å². The van der Waals surface area contributed by atoms with E-state index in [1.54, 1.807) is 4.90 Å². The summed E-state index contributed by atoms with van der Waals surface area (Å²) < 4.78 is 5.36. The SMILES string of the molecule is CCC(C)C(=O)N(CC)CC(=O)Nc1ccc(N2CCOCC2)cc1. The molecule has 1 atom stereocenters. The van der Waals surface area contributed by atoms with Crippen molar-refractivity contribution in [2.24, 2.45) is 5.92 Å². The average molecular weight is 347 g/mol. The van der Waals surface area contributed by atoms with E-state index in [1.165, 1.54) is 0 Å². The van der Waals surface area contributed by atoms with Crippen LogP contribution in [0, 0.1) is 5.92 Å². The number of nitrogens with one attached hydrogen (secondary N) is 1. The predicted octanol–water partition coefficient (Wildman–Crippen LogP) is 2.36. The largest absolute Gasteiger partial charge is 0.378 e. The zero-order valence-corrected chi connectivity index (χ0v) is 15.5. The van der Waals surface area contributed by atoms with Gasteiger partial charge >= 0.3 is 0 Å². The van der Waals surface area contributed by atoms with Gasteiger partial charge in [0.25, 0.3) is 0 Å². The van der Waals surface area contributed by atoms with E-state index < -0.39 is 0 Å². The summed E-state index contributed by atoms with van der Waals surface area (Å²) in [6.45, 7) is 9.65. The molecule has 2 rings (SSSR count). The number of benzene rings is 1. The molecule has 0 bridgehead atoms. The number of amides is 2. The number of morpholine rings is 1. The minimum Gasteiger partial charge on any atom is -0.378 e. The molecule has 25 heavy (non-hydrogen) atoms. The Bertz CT molecular complexity index is 568. The van der Waals surface area contributed by atoms with Crippen molar-refractivity contribution in [3.63, 3.8) is 0 Å². The van der Waals surface area contributed by atoms with Crippen molar-refractivity contribution < 1.29 is 14.3 Å². The van der Waals surface area contributed by atoms with Gasteiger partial charge in [0.1, 0.15) is 0 Å². The van der Waals surface area contributed by atoms with Gasteiger partial charge in [0, 0.05) is 36.9 Å². The molecule has 1 aliphatic rings. The molecule has 0 aliphatic carbocycles. The van der Waals surface area contributed by atoms with Gasteiger partial charge in [-0.2, -0.15) is 0 Å². The third-order valence-corrected chi connectivity index (χ3v) is 4.59. The van der Waals surface area contributed by atoms with Gasteiger partial charge < -0.3 is 19.9 Å². The number of ether oxygens (including phenoxy) is 1. The van der Waals surface area contributed by atoms with Crippen LogP contribution in [0.1, 0.15) is 27.2 Å². The lowest BCUT2D eigenvalue weighted by atomic mass is 10.1. The summed E-state index contributed by atoms with van der Waals surface area (Å²) in [5, 5.41) is 2.87. The van der Waals surface area contributed by atoms with E-state index in [0.29, 0.717) is 6.54 Å². The van der Waals surface area contributed by atoms with Crippen LogP contribution in [0.3, 0.4) is 0 Å². The Morgan fingerprint density at radius 3 is 2.40 bits per heavy atom. The Morgan fingerprint density at radius 2 is 1.84 bits per heavy atom. The van der Waals surface area contributed by atoms with Crippen molar-refractivity contribution in [1.29, 1.82) is 0 Å². The lowest BCUT2D eigenvalue weighted by Gasteiger charge is -2.29. The van der Waals surface area contributed by atoms with E-state index in [0.717, 1.165) is 44.1 Å². The number of rotatable bonds is 7. The Kier molecular flexibility index (Phi) is 7.25. The first kappa shape index (κ1) is 19.2. The second-order valence-electron chi connectivity index (χ2n) is 6.36. The molecule has 2 amide bonds. The minimum absolute atomic E-state index is 0.0304. The van der Waals surface area contributed by atoms with Gasteiger partial charge in [0.15, 0.2) is 0 Å². The molecule has 0 saturated carbocycles. The van der Waals surface area contributed by atoms with Gasteiger partial charge in [-0.15, -0.1) is 0 Å². The third-order valence-electron chi connectivity index (χ3n) is 4.59. The van der Waals surface area contributed by atoms with E-state index >= 15 is 0 Å². The number of anilines is 2. The number of hydrogen-bond acceptors (Lipinski definition) is 4. The van der Waals surface area contributed by atoms with Crippen molar-refractivity contribution >= 4 is 23.2 Å². The maximum absolute atomic E-state index is 12.3. The van der Waals surface area contributed by atoms with Crippen LogP contribution in [0.15, 0.2) is 24.3 Å². The summed E-state index contributed by atoms with van der Waals surface area (Å²) >= 11 is 0. The van der Waals surface area contributed by atoms with Crippen LogP contribution in [-0.2, 0) is 14.3 Å². The van der Waals surface area contributed by atoms with Crippen LogP contribution in [-0.4, -0.2) is 56.1 Å². The van der Waals surface area contributed by atoms with Crippen molar-refractivity contribution in [1.82, 2.24) is 4.90 Å². The number of carbonyl (C=O) groups excluding carboxylic acids is 2. The highest BCUT2D eigenvalue weighted by atomic mass is 16.5. The lowest BCUT2D eigenvalue weighted by molar-refractivity contribution is -0.137. The molecule has 1 fully saturated rings. The van der Waals surface area contributed by atoms with Gasteiger partial charge in [-0.25, -0.2) is 0 Å². The van der Waals surface area contributed by atoms with E-state index in [2.05, 4.69) is 10.2 Å². The highest BCUT2D eigenvalue weighted by Crippen LogP contribution is 2.19. The number of hydrogen-bond donors (Lipinski definition) is 1. The normalized spacial score (nSPS) is 15.6. The molecular weight excluding hydrogens is 318 g/mol. The molecule has 6 heteroatoms. The van der Waals surface area contributed by atoms with E-state index in [9.17, 15) is 9.59 Å². The van der Waals surface area contributed by atoms with Crippen LogP contribution < -0.4 is 10.2 Å². The number of likely N-dealkylation sites (N-methyl/N-ethyl adjacent to an activating group) is 1. The van der Waals surface area contributed by atoms with Crippen molar-refractivity contribution in [3.8, 4) is 0 Å². The molecule has 1 N–H and O–H groups in total. The zero-order valence-electron chi connectivity index (χ0n) is 15.5. The molecule has 0 spiro atoms. The quantitative estimate of drug-likeness (QED) is 0.822. The van der Waals surface area contributed by atoms with Gasteiger partial charge in [0.2, 0.25) is 11.8 Å². The van der Waals surface area contributed by atoms with Crippen LogP contribution in [0.4, 0.5) is 11.4 Å². The first-order valence-electron chi connectivity index (χ1n) is 9.06. The Morgan fingerprint density at radius 1 is 1.20 bits per heavy atom. The van der Waals surface area contributed by atoms with Crippen LogP contribution >= 0.6 is 0 Å². The minimum atomic E-state index is -0.169. The smallest absolute Gasteiger partial charge is 0.243 e. The maximum Gasteiger partial charge on any atom is 0.243 e. The summed E-state index contributed by atoms with van der Waals surface area (Å²) in [6.07, 6.45) is 0.778. The van der Waals surface area contributed by atoms with Crippen molar-refractivity contribution in [2.45, 2.75) is 27.2 Å². The fraction of sp³-hybridized carbons (Fsp3) is 0.579. The Labute approximate surface area is 150 Å². The summed E-state index contributed by atoms with van der Waals surface area (Å²) in [4.78, 5) is 28.4. The molecule has 1 unspecified atom stereocenters. The fourth-order valence-electron chi connectivity index (χ4n) is 2.78. The lowest BCUT2D eigenvalue weighted by Crippen LogP contribution is -2.40. The molecule has 0 aromatic heterocycles. The molecule has 1 heterocycles. The first-order chi connectivity index (χ1) is 12.0. The predicted molar refractivity (Wildman–Crippen MR) is 99.8 cm³/mol. The van der Waals surface area contributed by atoms with Crippen molar-refractivity contribution in [3.05, 3.63) is 24.3 Å². The molecule has 1 aliphatic heterocycles. The average Bonchev–Trinajstić information content (AvgIpc) is 2.66. The summed E-state index contributed by atoms with van der Waals surface area (Å²) in [5.74, 6) is -0.194. The highest BCUT2D eigenvalue weighted by Gasteiger charge is 2.20. The summed E-state index contributed by atoms with van der Waals surface area (Å²) in [6, 6.07) is 7.80. The van der Waals surface area contributed by atoms with Gasteiger partial charge in [-0.1, -0.05) is 13.8 Å². The van der Waals surface area contributed by atoms with E-state index in [1.807, 2.05) is 45.0 Å². The zero-order chi connectivity index (χ0) is 18.2. The highest BCUT2D eigenvalue weighted by molar-refractivity contribution is 5.94. The summed E-state index contributed by atoms with van der Waals surface area (Å²) in [5.41, 5.74) is 1.87. The Balaban J connectivity index is 1.90. The second kappa shape index (κ2) is 9.42. The van der Waals surface area contributed by atoms with Crippen LogP contribution in [0.25, 0.3) is 0 Å². The second-order valence-corrected chi connectivity index (χ2v) is 6.36. The fourth-order valence-corrected chi connectivity index (χ4v) is 2.78. The van der Waals surface area contributed by atoms with Crippen LogP contribution in [0.5, 0.6) is 0 Å². The third kappa shape index (κ3) is 5.46. The topological polar surface area (TPSA) is 61.9 Å². The standard InChI is InChI=1S/C19H29N3O3/c1-4-15(3)19(24)21(5-2)14-18(23)20-16-6-8-17(9-7-16)22-10-12-25-13-11-22/h6-9,15H,4-5,10-14H2,1-3H3,(H,20,23). The Hall–Kier alpha value is -2.08. The summed E-state index contributed by atoms with van der Waals surface area (Å²) in [7, 11) is 0. The number of carbonyl (C=O) groups is 2. The first-order valence-corrected chi connectivity index (χ1v) is 9.06. The van der Waals surface area contributed by atoms with Crippen molar-refractivity contribution in [2.75, 3.05) is 49.6 Å².